The lowest BCUT2D eigenvalue weighted by Gasteiger charge is -2.28. The summed E-state index contributed by atoms with van der Waals surface area (Å²) in [6.45, 7) is 5.06. The van der Waals surface area contributed by atoms with Gasteiger partial charge in [-0.3, -0.25) is 14.5 Å². The minimum Gasteiger partial charge on any atom is -0.349 e. The third-order valence-electron chi connectivity index (χ3n) is 5.09. The summed E-state index contributed by atoms with van der Waals surface area (Å²) in [7, 11) is 0. The molecule has 0 saturated carbocycles. The van der Waals surface area contributed by atoms with Gasteiger partial charge in [-0.25, -0.2) is 4.68 Å². The molecule has 6 nitrogen and oxygen atoms in total. The Morgan fingerprint density at radius 1 is 1.25 bits per heavy atom. The molecule has 1 amide bonds. The topological polar surface area (TPSA) is 67.2 Å². The fourth-order valence-corrected chi connectivity index (χ4v) is 3.74. The third-order valence-corrected chi connectivity index (χ3v) is 5.33. The number of nitrogens with one attached hydrogen (secondary N) is 1. The van der Waals surface area contributed by atoms with E-state index in [0.29, 0.717) is 18.1 Å². The second kappa shape index (κ2) is 9.85. The molecule has 150 valence electrons. The van der Waals surface area contributed by atoms with Gasteiger partial charge < -0.3 is 5.32 Å². The van der Waals surface area contributed by atoms with Crippen LogP contribution in [0.2, 0.25) is 5.02 Å². The molecule has 0 aliphatic carbocycles. The van der Waals surface area contributed by atoms with Crippen LogP contribution in [0.3, 0.4) is 0 Å². The molecule has 1 fully saturated rings. The molecule has 1 N–H and O–H groups in total. The SMILES string of the molecule is CCCCn1nc(C(=O)NCC(c2cccc(Cl)c2)N2CCCC2)ccc1=O. The molecule has 1 aromatic carbocycles. The van der Waals surface area contributed by atoms with Crippen LogP contribution in [0.15, 0.2) is 41.2 Å². The molecule has 1 aliphatic rings. The van der Waals surface area contributed by atoms with Crippen molar-refractivity contribution in [1.29, 1.82) is 0 Å². The van der Waals surface area contributed by atoms with Crippen molar-refractivity contribution in [1.82, 2.24) is 20.0 Å². The van der Waals surface area contributed by atoms with Gasteiger partial charge in [-0.1, -0.05) is 37.1 Å². The molecule has 2 heterocycles. The van der Waals surface area contributed by atoms with Gasteiger partial charge in [-0.05, 0) is 56.1 Å². The Labute approximate surface area is 170 Å². The number of carbonyl (C=O) groups is 1. The number of hydrogen-bond acceptors (Lipinski definition) is 4. The van der Waals surface area contributed by atoms with Crippen molar-refractivity contribution >= 4 is 17.5 Å². The Kier molecular flexibility index (Phi) is 7.23. The predicted molar refractivity (Wildman–Crippen MR) is 111 cm³/mol. The standard InChI is InChI=1S/C21H27ClN4O2/c1-2-3-13-26-20(27)10-9-18(24-26)21(28)23-15-19(25-11-4-5-12-25)16-7-6-8-17(22)14-16/h6-10,14,19H,2-5,11-13,15H2,1H3,(H,23,28). The van der Waals surface area contributed by atoms with E-state index in [4.69, 9.17) is 11.6 Å². The molecule has 1 aromatic heterocycles. The molecule has 0 spiro atoms. The van der Waals surface area contributed by atoms with Crippen LogP contribution in [0.1, 0.15) is 54.7 Å². The first-order valence-electron chi connectivity index (χ1n) is 9.94. The Balaban J connectivity index is 1.72. The summed E-state index contributed by atoms with van der Waals surface area (Å²) in [5.74, 6) is -0.267. The monoisotopic (exact) mass is 402 g/mol. The molecule has 7 heteroatoms. The summed E-state index contributed by atoms with van der Waals surface area (Å²) >= 11 is 6.18. The molecule has 0 bridgehead atoms. The third kappa shape index (κ3) is 5.20. The predicted octanol–water partition coefficient (Wildman–Crippen LogP) is 3.26. The number of carbonyl (C=O) groups excluding carboxylic acids is 1. The number of aryl methyl sites for hydroxylation is 1. The number of amides is 1. The molecule has 1 saturated heterocycles. The van der Waals surface area contributed by atoms with Gasteiger partial charge >= 0.3 is 0 Å². The van der Waals surface area contributed by atoms with E-state index in [9.17, 15) is 9.59 Å². The molecular formula is C21H27ClN4O2. The van der Waals surface area contributed by atoms with Crippen LogP contribution in [0, 0.1) is 0 Å². The molecule has 1 unspecified atom stereocenters. The molecule has 0 radical (unpaired) electrons. The van der Waals surface area contributed by atoms with E-state index in [-0.39, 0.29) is 23.2 Å². The van der Waals surface area contributed by atoms with Crippen LogP contribution in [0.4, 0.5) is 0 Å². The Morgan fingerprint density at radius 3 is 2.75 bits per heavy atom. The lowest BCUT2D eigenvalue weighted by molar-refractivity contribution is 0.0930. The van der Waals surface area contributed by atoms with Gasteiger partial charge in [-0.15, -0.1) is 0 Å². The van der Waals surface area contributed by atoms with Gasteiger partial charge in [0.25, 0.3) is 11.5 Å². The zero-order chi connectivity index (χ0) is 19.9. The minimum atomic E-state index is -0.267. The van der Waals surface area contributed by atoms with Crippen LogP contribution in [0.25, 0.3) is 0 Å². The molecule has 2 aromatic rings. The fourth-order valence-electron chi connectivity index (χ4n) is 3.54. The number of rotatable bonds is 8. The average Bonchev–Trinajstić information content (AvgIpc) is 3.22. The Hall–Kier alpha value is -2.18. The maximum Gasteiger partial charge on any atom is 0.271 e. The van der Waals surface area contributed by atoms with Crippen molar-refractivity contribution < 1.29 is 4.79 Å². The highest BCUT2D eigenvalue weighted by Crippen LogP contribution is 2.26. The summed E-state index contributed by atoms with van der Waals surface area (Å²) in [5, 5.41) is 7.92. The first kappa shape index (κ1) is 20.6. The molecular weight excluding hydrogens is 376 g/mol. The van der Waals surface area contributed by atoms with Gasteiger partial charge in [0.1, 0.15) is 5.69 Å². The lowest BCUT2D eigenvalue weighted by Crippen LogP contribution is -2.37. The second-order valence-corrected chi connectivity index (χ2v) is 7.59. The largest absolute Gasteiger partial charge is 0.349 e. The van der Waals surface area contributed by atoms with Gasteiger partial charge in [-0.2, -0.15) is 5.10 Å². The average molecular weight is 403 g/mol. The van der Waals surface area contributed by atoms with Gasteiger partial charge in [0.05, 0.1) is 6.04 Å². The lowest BCUT2D eigenvalue weighted by atomic mass is 10.1. The van der Waals surface area contributed by atoms with E-state index >= 15 is 0 Å². The Morgan fingerprint density at radius 2 is 2.04 bits per heavy atom. The van der Waals surface area contributed by atoms with Crippen LogP contribution in [-0.2, 0) is 6.54 Å². The summed E-state index contributed by atoms with van der Waals surface area (Å²) < 4.78 is 1.37. The van der Waals surface area contributed by atoms with Gasteiger partial charge in [0, 0.05) is 24.2 Å². The van der Waals surface area contributed by atoms with E-state index in [1.54, 1.807) is 0 Å². The van der Waals surface area contributed by atoms with Crippen LogP contribution in [0.5, 0.6) is 0 Å². The van der Waals surface area contributed by atoms with Crippen molar-refractivity contribution in [2.24, 2.45) is 0 Å². The maximum absolute atomic E-state index is 12.7. The van der Waals surface area contributed by atoms with Crippen LogP contribution < -0.4 is 10.9 Å². The molecule has 3 rings (SSSR count). The number of likely N-dealkylation sites (tertiary alicyclic amines) is 1. The molecule has 28 heavy (non-hydrogen) atoms. The van der Waals surface area contributed by atoms with Gasteiger partial charge in [0.15, 0.2) is 0 Å². The number of aromatic nitrogens is 2. The number of benzene rings is 1. The number of nitrogens with zero attached hydrogens (tertiary/aromatic N) is 3. The zero-order valence-electron chi connectivity index (χ0n) is 16.2. The summed E-state index contributed by atoms with van der Waals surface area (Å²) in [5.41, 5.74) is 1.18. The highest BCUT2D eigenvalue weighted by atomic mass is 35.5. The van der Waals surface area contributed by atoms with Crippen molar-refractivity contribution in [3.63, 3.8) is 0 Å². The normalized spacial score (nSPS) is 15.5. The van der Waals surface area contributed by atoms with Crippen LogP contribution in [-0.4, -0.2) is 40.2 Å². The van der Waals surface area contributed by atoms with E-state index in [2.05, 4.69) is 22.2 Å². The first-order chi connectivity index (χ1) is 13.6. The second-order valence-electron chi connectivity index (χ2n) is 7.16. The summed E-state index contributed by atoms with van der Waals surface area (Å²) in [6.07, 6.45) is 4.13. The highest BCUT2D eigenvalue weighted by molar-refractivity contribution is 6.30. The smallest absolute Gasteiger partial charge is 0.271 e. The number of hydrogen-bond donors (Lipinski definition) is 1. The van der Waals surface area contributed by atoms with Crippen molar-refractivity contribution in [3.05, 3.63) is 63.0 Å². The number of halogens is 1. The molecule has 1 aliphatic heterocycles. The maximum atomic E-state index is 12.7. The summed E-state index contributed by atoms with van der Waals surface area (Å²) in [4.78, 5) is 26.9. The van der Waals surface area contributed by atoms with E-state index in [1.807, 2.05) is 24.3 Å². The van der Waals surface area contributed by atoms with E-state index < -0.39 is 0 Å². The van der Waals surface area contributed by atoms with Crippen molar-refractivity contribution in [2.75, 3.05) is 19.6 Å². The van der Waals surface area contributed by atoms with E-state index in [0.717, 1.165) is 44.3 Å². The van der Waals surface area contributed by atoms with Crippen molar-refractivity contribution in [3.8, 4) is 0 Å². The van der Waals surface area contributed by atoms with Crippen molar-refractivity contribution in [2.45, 2.75) is 45.2 Å². The van der Waals surface area contributed by atoms with Gasteiger partial charge in [0.2, 0.25) is 0 Å². The van der Waals surface area contributed by atoms with E-state index in [1.165, 1.54) is 16.8 Å². The zero-order valence-corrected chi connectivity index (χ0v) is 17.0. The molecule has 1 atom stereocenters. The quantitative estimate of drug-likeness (QED) is 0.735. The fraction of sp³-hybridized carbons (Fsp3) is 0.476. The highest BCUT2D eigenvalue weighted by Gasteiger charge is 2.24. The number of unbranched alkanes of at least 4 members (excludes halogenated alkanes) is 1. The summed E-state index contributed by atoms with van der Waals surface area (Å²) in [6, 6.07) is 10.8. The van der Waals surface area contributed by atoms with Crippen LogP contribution >= 0.6 is 11.6 Å². The minimum absolute atomic E-state index is 0.0659. The Bertz CT molecular complexity index is 861. The first-order valence-corrected chi connectivity index (χ1v) is 10.3.